The van der Waals surface area contributed by atoms with Gasteiger partial charge in [-0.25, -0.2) is 5.90 Å². The summed E-state index contributed by atoms with van der Waals surface area (Å²) in [6.07, 6.45) is 2.72. The summed E-state index contributed by atoms with van der Waals surface area (Å²) in [5.74, 6) is 5.12. The van der Waals surface area contributed by atoms with Crippen LogP contribution in [0.5, 0.6) is 0 Å². The van der Waals surface area contributed by atoms with E-state index in [4.69, 9.17) is 5.90 Å². The highest BCUT2D eigenvalue weighted by molar-refractivity contribution is 5.25. The normalized spacial score (nSPS) is 10.8. The lowest BCUT2D eigenvalue weighted by Gasteiger charge is -2.05. The molecule has 0 aliphatic heterocycles. The summed E-state index contributed by atoms with van der Waals surface area (Å²) in [4.78, 5) is 9.00. The van der Waals surface area contributed by atoms with Crippen LogP contribution in [0.1, 0.15) is 29.6 Å². The molecule has 0 fully saturated rings. The summed E-state index contributed by atoms with van der Waals surface area (Å²) in [6, 6.07) is 5.88. The van der Waals surface area contributed by atoms with Crippen molar-refractivity contribution >= 4 is 0 Å². The van der Waals surface area contributed by atoms with Gasteiger partial charge in [-0.2, -0.15) is 5.10 Å². The largest absolute Gasteiger partial charge is 0.298 e. The fourth-order valence-electron chi connectivity index (χ4n) is 2.08. The second-order valence-corrected chi connectivity index (χ2v) is 4.16. The minimum absolute atomic E-state index is 0.341. The Morgan fingerprint density at radius 1 is 1.39 bits per heavy atom. The van der Waals surface area contributed by atoms with Crippen LogP contribution in [0.25, 0.3) is 0 Å². The Kier molecular flexibility index (Phi) is 4.07. The van der Waals surface area contributed by atoms with Crippen LogP contribution in [0, 0.1) is 6.92 Å². The van der Waals surface area contributed by atoms with E-state index in [0.29, 0.717) is 13.2 Å². The summed E-state index contributed by atoms with van der Waals surface area (Å²) in [5.41, 5.74) is 4.24. The Labute approximate surface area is 107 Å². The maximum absolute atomic E-state index is 5.12. The lowest BCUT2D eigenvalue weighted by atomic mass is 10.2. The molecule has 0 aliphatic rings. The number of pyridine rings is 1. The zero-order valence-corrected chi connectivity index (χ0v) is 10.8. The predicted molar refractivity (Wildman–Crippen MR) is 68.7 cm³/mol. The van der Waals surface area contributed by atoms with Crippen molar-refractivity contribution in [2.75, 3.05) is 0 Å². The molecule has 0 amide bonds. The van der Waals surface area contributed by atoms with Crippen LogP contribution in [-0.2, 0) is 24.4 Å². The van der Waals surface area contributed by atoms with Crippen molar-refractivity contribution in [1.82, 2.24) is 14.8 Å². The van der Waals surface area contributed by atoms with E-state index in [1.165, 1.54) is 5.69 Å². The first kappa shape index (κ1) is 12.7. The summed E-state index contributed by atoms with van der Waals surface area (Å²) < 4.78 is 1.98. The first-order chi connectivity index (χ1) is 8.76. The molecule has 2 heterocycles. The van der Waals surface area contributed by atoms with Crippen molar-refractivity contribution in [3.8, 4) is 0 Å². The monoisotopic (exact) mass is 246 g/mol. The Hall–Kier alpha value is -1.72. The molecule has 0 atom stereocenters. The second kappa shape index (κ2) is 5.75. The van der Waals surface area contributed by atoms with E-state index in [2.05, 4.69) is 28.8 Å². The summed E-state index contributed by atoms with van der Waals surface area (Å²) in [6.45, 7) is 5.19. The highest BCUT2D eigenvalue weighted by Crippen LogP contribution is 2.15. The molecule has 96 valence electrons. The molecule has 0 unspecified atom stereocenters. The number of nitrogens with zero attached hydrogens (tertiary/aromatic N) is 3. The Balaban J connectivity index is 2.29. The van der Waals surface area contributed by atoms with E-state index in [-0.39, 0.29) is 0 Å². The van der Waals surface area contributed by atoms with Gasteiger partial charge in [-0.3, -0.25) is 14.5 Å². The molecule has 5 heteroatoms. The SMILES string of the molecule is CCc1c(C)c(CON)nn1Cc1ccccn1. The average Bonchev–Trinajstić information content (AvgIpc) is 2.67. The highest BCUT2D eigenvalue weighted by atomic mass is 16.6. The Bertz CT molecular complexity index is 507. The molecule has 0 bridgehead atoms. The van der Waals surface area contributed by atoms with Gasteiger partial charge < -0.3 is 0 Å². The summed E-state index contributed by atoms with van der Waals surface area (Å²) in [5, 5.41) is 4.54. The Morgan fingerprint density at radius 2 is 2.22 bits per heavy atom. The first-order valence-corrected chi connectivity index (χ1v) is 6.03. The molecule has 2 N–H and O–H groups in total. The minimum atomic E-state index is 0.341. The van der Waals surface area contributed by atoms with Crippen LogP contribution < -0.4 is 5.90 Å². The van der Waals surface area contributed by atoms with Crippen LogP contribution in [-0.4, -0.2) is 14.8 Å². The maximum Gasteiger partial charge on any atom is 0.112 e. The quantitative estimate of drug-likeness (QED) is 0.813. The van der Waals surface area contributed by atoms with E-state index in [9.17, 15) is 0 Å². The lowest BCUT2D eigenvalue weighted by Crippen LogP contribution is -2.07. The highest BCUT2D eigenvalue weighted by Gasteiger charge is 2.13. The van der Waals surface area contributed by atoms with E-state index in [0.717, 1.165) is 23.4 Å². The lowest BCUT2D eigenvalue weighted by molar-refractivity contribution is 0.120. The molecule has 2 aromatic rings. The minimum Gasteiger partial charge on any atom is -0.298 e. The number of rotatable bonds is 5. The van der Waals surface area contributed by atoms with Gasteiger partial charge in [0.15, 0.2) is 0 Å². The van der Waals surface area contributed by atoms with Gasteiger partial charge in [0, 0.05) is 11.9 Å². The van der Waals surface area contributed by atoms with Crippen molar-refractivity contribution in [3.05, 3.63) is 47.0 Å². The zero-order valence-electron chi connectivity index (χ0n) is 10.8. The van der Waals surface area contributed by atoms with Gasteiger partial charge >= 0.3 is 0 Å². The van der Waals surface area contributed by atoms with Crippen LogP contribution >= 0.6 is 0 Å². The topological polar surface area (TPSA) is 66.0 Å². The molecule has 0 aliphatic carbocycles. The molecule has 5 nitrogen and oxygen atoms in total. The second-order valence-electron chi connectivity index (χ2n) is 4.16. The first-order valence-electron chi connectivity index (χ1n) is 6.03. The standard InChI is InChI=1S/C13H18N4O/c1-3-13-10(2)12(9-18-14)16-17(13)8-11-6-4-5-7-15-11/h4-7H,3,8-9,14H2,1-2H3. The van der Waals surface area contributed by atoms with E-state index < -0.39 is 0 Å². The summed E-state index contributed by atoms with van der Waals surface area (Å²) >= 11 is 0. The molecule has 2 rings (SSSR count). The third kappa shape index (κ3) is 2.57. The van der Waals surface area contributed by atoms with Crippen LogP contribution in [0.4, 0.5) is 0 Å². The van der Waals surface area contributed by atoms with Crippen LogP contribution in [0.15, 0.2) is 24.4 Å². The van der Waals surface area contributed by atoms with Gasteiger partial charge in [0.1, 0.15) is 6.61 Å². The zero-order chi connectivity index (χ0) is 13.0. The predicted octanol–water partition coefficient (Wildman–Crippen LogP) is 1.59. The molecule has 0 saturated carbocycles. The molecule has 0 saturated heterocycles. The summed E-state index contributed by atoms with van der Waals surface area (Å²) in [7, 11) is 0. The van der Waals surface area contributed by atoms with Crippen molar-refractivity contribution in [1.29, 1.82) is 0 Å². The Morgan fingerprint density at radius 3 is 2.83 bits per heavy atom. The van der Waals surface area contributed by atoms with E-state index in [1.807, 2.05) is 22.9 Å². The third-order valence-corrected chi connectivity index (χ3v) is 3.01. The van der Waals surface area contributed by atoms with Gasteiger partial charge in [-0.15, -0.1) is 0 Å². The smallest absolute Gasteiger partial charge is 0.112 e. The fourth-order valence-corrected chi connectivity index (χ4v) is 2.08. The van der Waals surface area contributed by atoms with Crippen molar-refractivity contribution < 1.29 is 4.84 Å². The molecule has 2 aromatic heterocycles. The third-order valence-electron chi connectivity index (χ3n) is 3.01. The number of hydrogen-bond acceptors (Lipinski definition) is 4. The molecule has 0 radical (unpaired) electrons. The molecule has 18 heavy (non-hydrogen) atoms. The number of nitrogens with two attached hydrogens (primary N) is 1. The molecular formula is C13H18N4O. The fraction of sp³-hybridized carbons (Fsp3) is 0.385. The maximum atomic E-state index is 5.12. The van der Waals surface area contributed by atoms with E-state index >= 15 is 0 Å². The van der Waals surface area contributed by atoms with Crippen molar-refractivity contribution in [3.63, 3.8) is 0 Å². The van der Waals surface area contributed by atoms with Gasteiger partial charge in [-0.1, -0.05) is 13.0 Å². The van der Waals surface area contributed by atoms with Crippen molar-refractivity contribution in [2.24, 2.45) is 5.90 Å². The van der Waals surface area contributed by atoms with Gasteiger partial charge in [0.05, 0.1) is 17.9 Å². The van der Waals surface area contributed by atoms with Gasteiger partial charge in [0.2, 0.25) is 0 Å². The van der Waals surface area contributed by atoms with E-state index in [1.54, 1.807) is 6.20 Å². The van der Waals surface area contributed by atoms with Crippen molar-refractivity contribution in [2.45, 2.75) is 33.4 Å². The molecule has 0 spiro atoms. The van der Waals surface area contributed by atoms with Crippen LogP contribution in [0.3, 0.4) is 0 Å². The molecule has 0 aromatic carbocycles. The van der Waals surface area contributed by atoms with Crippen LogP contribution in [0.2, 0.25) is 0 Å². The van der Waals surface area contributed by atoms with Gasteiger partial charge in [-0.05, 0) is 31.0 Å². The number of aromatic nitrogens is 3. The molecular weight excluding hydrogens is 228 g/mol. The van der Waals surface area contributed by atoms with Gasteiger partial charge in [0.25, 0.3) is 0 Å². The number of hydrogen-bond donors (Lipinski definition) is 1. The average molecular weight is 246 g/mol.